The molecule has 3 aliphatic heterocycles. The molecule has 1 atom stereocenters. The van der Waals surface area contributed by atoms with E-state index in [2.05, 4.69) is 26.2 Å². The average Bonchev–Trinajstić information content (AvgIpc) is 3.59. The second-order valence-corrected chi connectivity index (χ2v) is 13.4. The molecule has 0 amide bonds. The Bertz CT molecular complexity index is 1600. The van der Waals surface area contributed by atoms with Gasteiger partial charge < -0.3 is 15.3 Å². The minimum absolute atomic E-state index is 0.0415. The summed E-state index contributed by atoms with van der Waals surface area (Å²) in [4.78, 5) is 10.2. The van der Waals surface area contributed by atoms with Crippen LogP contribution in [0.4, 0.5) is 27.8 Å². The summed E-state index contributed by atoms with van der Waals surface area (Å²) in [7, 11) is 0. The third kappa shape index (κ3) is 7.89. The first-order valence-corrected chi connectivity index (χ1v) is 16.7. The van der Waals surface area contributed by atoms with E-state index < -0.39 is 23.8 Å². The van der Waals surface area contributed by atoms with Crippen LogP contribution in [0.15, 0.2) is 41.4 Å². The number of rotatable bonds is 10. The van der Waals surface area contributed by atoms with E-state index in [1.807, 2.05) is 0 Å². The molecule has 1 aromatic carbocycles. The molecule has 0 radical (unpaired) electrons. The van der Waals surface area contributed by atoms with Crippen molar-refractivity contribution in [3.63, 3.8) is 0 Å². The maximum atomic E-state index is 14.0. The van der Waals surface area contributed by atoms with Gasteiger partial charge in [0, 0.05) is 105 Å². The van der Waals surface area contributed by atoms with E-state index in [4.69, 9.17) is 5.10 Å². The van der Waals surface area contributed by atoms with Crippen molar-refractivity contribution in [2.75, 3.05) is 69.6 Å². The Labute approximate surface area is 274 Å². The van der Waals surface area contributed by atoms with Crippen molar-refractivity contribution in [1.29, 1.82) is 5.26 Å². The number of anilines is 1. The quantitative estimate of drug-likeness (QED) is 0.243. The van der Waals surface area contributed by atoms with Gasteiger partial charge in [-0.05, 0) is 24.3 Å². The lowest BCUT2D eigenvalue weighted by Crippen LogP contribution is -2.49. The number of β-amino-alcohol motifs (C(OH)–C–C–N with tert-alkyl or cyclic N) is 1. The summed E-state index contributed by atoms with van der Waals surface area (Å²) in [5.74, 6) is -1.83. The highest BCUT2D eigenvalue weighted by molar-refractivity contribution is 7.99. The molecule has 15 heteroatoms. The van der Waals surface area contributed by atoms with Crippen LogP contribution in [0.1, 0.15) is 28.8 Å². The summed E-state index contributed by atoms with van der Waals surface area (Å²) in [6.07, 6.45) is -3.18. The summed E-state index contributed by atoms with van der Waals surface area (Å²) < 4.78 is 70.9. The molecule has 3 aromatic rings. The van der Waals surface area contributed by atoms with Gasteiger partial charge in [-0.1, -0.05) is 6.07 Å². The number of halogens is 5. The average molecular weight is 677 g/mol. The topological polar surface area (TPSA) is 96.5 Å². The molecular weight excluding hydrogens is 639 g/mol. The minimum atomic E-state index is -4.56. The SMILES string of the molecule is N#Cc1cccnc1N1CCN(CC(O)Cn2nc(-c3ccc(C(F)(F)F)c(SCCN4CCC(F)(F)C4)c3)c3c2CCNC3)CC1. The molecule has 2 saturated heterocycles. The lowest BCUT2D eigenvalue weighted by atomic mass is 10.0. The number of alkyl halides is 5. The van der Waals surface area contributed by atoms with Gasteiger partial charge in [0.05, 0.1) is 36.0 Å². The molecule has 5 heterocycles. The number of hydrogen-bond donors (Lipinski definition) is 2. The number of likely N-dealkylation sites (tertiary alicyclic amines) is 1. The van der Waals surface area contributed by atoms with Crippen LogP contribution < -0.4 is 10.2 Å². The number of thioether (sulfide) groups is 1. The zero-order valence-electron chi connectivity index (χ0n) is 25.8. The third-order valence-electron chi connectivity index (χ3n) is 8.91. The Kier molecular flexibility index (Phi) is 10.0. The first-order valence-electron chi connectivity index (χ1n) is 15.7. The van der Waals surface area contributed by atoms with Gasteiger partial charge in [0.15, 0.2) is 0 Å². The first kappa shape index (κ1) is 33.6. The number of aliphatic hydroxyl groups excluding tert-OH is 1. The summed E-state index contributed by atoms with van der Waals surface area (Å²) >= 11 is 1.02. The number of aromatic nitrogens is 3. The van der Waals surface area contributed by atoms with Gasteiger partial charge in [-0.15, -0.1) is 11.8 Å². The zero-order chi connectivity index (χ0) is 33.2. The fourth-order valence-electron chi connectivity index (χ4n) is 6.54. The molecule has 0 spiro atoms. The Hall–Kier alpha value is -3.29. The van der Waals surface area contributed by atoms with Crippen LogP contribution in [0, 0.1) is 11.3 Å². The maximum absolute atomic E-state index is 14.0. The Balaban J connectivity index is 1.14. The summed E-state index contributed by atoms with van der Waals surface area (Å²) in [5.41, 5.74) is 2.74. The minimum Gasteiger partial charge on any atom is -0.390 e. The van der Waals surface area contributed by atoms with Gasteiger partial charge in [-0.25, -0.2) is 13.8 Å². The second kappa shape index (κ2) is 14.1. The van der Waals surface area contributed by atoms with Crippen molar-refractivity contribution in [3.8, 4) is 17.3 Å². The van der Waals surface area contributed by atoms with Crippen molar-refractivity contribution in [2.45, 2.75) is 49.0 Å². The number of nitriles is 1. The Morgan fingerprint density at radius 2 is 1.89 bits per heavy atom. The second-order valence-electron chi connectivity index (χ2n) is 12.2. The van der Waals surface area contributed by atoms with Gasteiger partial charge in [0.2, 0.25) is 0 Å². The van der Waals surface area contributed by atoms with Gasteiger partial charge in [-0.3, -0.25) is 14.5 Å². The third-order valence-corrected chi connectivity index (χ3v) is 9.95. The number of hydrogen-bond acceptors (Lipinski definition) is 9. The number of nitrogens with zero attached hydrogens (tertiary/aromatic N) is 7. The number of fused-ring (bicyclic) bond motifs is 1. The fraction of sp³-hybridized carbons (Fsp3) is 0.531. The van der Waals surface area contributed by atoms with Crippen LogP contribution in [0.3, 0.4) is 0 Å². The Morgan fingerprint density at radius 3 is 2.62 bits per heavy atom. The predicted octanol–water partition coefficient (Wildman–Crippen LogP) is 4.10. The van der Waals surface area contributed by atoms with Crippen LogP contribution in [-0.4, -0.2) is 106 Å². The molecule has 47 heavy (non-hydrogen) atoms. The van der Waals surface area contributed by atoms with Gasteiger partial charge in [-0.2, -0.15) is 23.5 Å². The van der Waals surface area contributed by atoms with E-state index in [1.165, 1.54) is 12.1 Å². The van der Waals surface area contributed by atoms with Crippen molar-refractivity contribution < 1.29 is 27.1 Å². The van der Waals surface area contributed by atoms with Crippen molar-refractivity contribution in [3.05, 3.63) is 58.9 Å². The fourth-order valence-corrected chi connectivity index (χ4v) is 7.66. The number of aliphatic hydroxyl groups is 1. The first-order chi connectivity index (χ1) is 22.5. The van der Waals surface area contributed by atoms with Crippen LogP contribution >= 0.6 is 11.8 Å². The predicted molar refractivity (Wildman–Crippen MR) is 168 cm³/mol. The lowest BCUT2D eigenvalue weighted by molar-refractivity contribution is -0.139. The van der Waals surface area contributed by atoms with Crippen LogP contribution in [-0.2, 0) is 25.7 Å². The summed E-state index contributed by atoms with van der Waals surface area (Å²) in [5, 5.41) is 28.7. The molecule has 1 unspecified atom stereocenters. The zero-order valence-corrected chi connectivity index (χ0v) is 26.6. The molecule has 0 aliphatic carbocycles. The van der Waals surface area contributed by atoms with Gasteiger partial charge >= 0.3 is 6.18 Å². The number of piperazine rings is 1. The van der Waals surface area contributed by atoms with Crippen molar-refractivity contribution in [1.82, 2.24) is 29.9 Å². The normalized spacial score (nSPS) is 19.5. The number of pyridine rings is 1. The lowest BCUT2D eigenvalue weighted by Gasteiger charge is -2.36. The molecule has 252 valence electrons. The molecule has 2 fully saturated rings. The van der Waals surface area contributed by atoms with Crippen molar-refractivity contribution >= 4 is 17.6 Å². The van der Waals surface area contributed by atoms with E-state index >= 15 is 0 Å². The highest BCUT2D eigenvalue weighted by Gasteiger charge is 2.38. The number of nitrogens with one attached hydrogen (secondary N) is 1. The van der Waals surface area contributed by atoms with Gasteiger partial charge in [0.25, 0.3) is 5.92 Å². The molecular formula is C32H37F5N8OS. The Morgan fingerprint density at radius 1 is 1.09 bits per heavy atom. The standard InChI is InChI=1S/C32H37F5N8OS/c33-31(34)6-9-43(21-31)14-15-47-28-16-22(3-4-26(28)32(35,36)37)29-25-18-39-8-5-27(25)45(41-29)20-24(46)19-42-10-12-44(13-11-42)30-23(17-38)2-1-7-40-30/h1-4,7,16,24,39,46H,5-6,8-15,18-21H2. The monoisotopic (exact) mass is 676 g/mol. The molecule has 2 aromatic heterocycles. The van der Waals surface area contributed by atoms with E-state index in [9.17, 15) is 32.3 Å². The van der Waals surface area contributed by atoms with E-state index in [1.54, 1.807) is 27.9 Å². The molecule has 2 N–H and O–H groups in total. The highest BCUT2D eigenvalue weighted by atomic mass is 32.2. The molecule has 0 saturated carbocycles. The number of benzene rings is 1. The highest BCUT2D eigenvalue weighted by Crippen LogP contribution is 2.40. The van der Waals surface area contributed by atoms with Crippen LogP contribution in [0.2, 0.25) is 0 Å². The van der Waals surface area contributed by atoms with Crippen molar-refractivity contribution in [2.24, 2.45) is 0 Å². The molecule has 0 bridgehead atoms. The van der Waals surface area contributed by atoms with Crippen LogP contribution in [0.25, 0.3) is 11.3 Å². The largest absolute Gasteiger partial charge is 0.417 e. The van der Waals surface area contributed by atoms with Crippen LogP contribution in [0.5, 0.6) is 0 Å². The molecule has 3 aliphatic rings. The summed E-state index contributed by atoms with van der Waals surface area (Å²) in [6, 6.07) is 9.69. The van der Waals surface area contributed by atoms with Gasteiger partial charge in [0.1, 0.15) is 11.9 Å². The van der Waals surface area contributed by atoms with E-state index in [0.717, 1.165) is 35.6 Å². The van der Waals surface area contributed by atoms with E-state index in [0.29, 0.717) is 68.3 Å². The van der Waals surface area contributed by atoms with E-state index in [-0.39, 0.29) is 43.2 Å². The smallest absolute Gasteiger partial charge is 0.390 e. The molecule has 6 rings (SSSR count). The molecule has 9 nitrogen and oxygen atoms in total. The maximum Gasteiger partial charge on any atom is 0.417 e. The summed E-state index contributed by atoms with van der Waals surface area (Å²) in [6.45, 7) is 4.75.